The van der Waals surface area contributed by atoms with E-state index in [0.29, 0.717) is 15.7 Å². The van der Waals surface area contributed by atoms with Crippen molar-refractivity contribution in [2.24, 2.45) is 0 Å². The molecule has 1 atom stereocenters. The molecule has 0 unspecified atom stereocenters. The average molecular weight is 679 g/mol. The van der Waals surface area contributed by atoms with Crippen molar-refractivity contribution in [3.05, 3.63) is 130 Å². The van der Waals surface area contributed by atoms with Gasteiger partial charge in [0.15, 0.2) is 0 Å². The Morgan fingerprint density at radius 1 is 0.804 bits per heavy atom. The first-order valence-electron chi connectivity index (χ1n) is 15.3. The van der Waals surface area contributed by atoms with Gasteiger partial charge in [0.1, 0.15) is 12.6 Å². The summed E-state index contributed by atoms with van der Waals surface area (Å²) < 4.78 is 29.4. The highest BCUT2D eigenvalue weighted by molar-refractivity contribution is 7.92. The number of hydrogen-bond acceptors (Lipinski definition) is 4. The summed E-state index contributed by atoms with van der Waals surface area (Å²) in [5.74, 6) is -0.781. The van der Waals surface area contributed by atoms with Crippen LogP contribution in [0.3, 0.4) is 0 Å². The van der Waals surface area contributed by atoms with Gasteiger partial charge in [0.05, 0.1) is 10.6 Å². The number of carbonyl (C=O) groups is 2. The Morgan fingerprint density at radius 3 is 2.00 bits per heavy atom. The molecule has 1 saturated carbocycles. The highest BCUT2D eigenvalue weighted by Crippen LogP contribution is 2.27. The lowest BCUT2D eigenvalue weighted by atomic mass is 10.0. The van der Waals surface area contributed by atoms with Crippen molar-refractivity contribution >= 4 is 50.7 Å². The lowest BCUT2D eigenvalue weighted by Gasteiger charge is -2.34. The molecule has 1 fully saturated rings. The Labute approximate surface area is 281 Å². The fourth-order valence-corrected chi connectivity index (χ4v) is 7.35. The van der Waals surface area contributed by atoms with Gasteiger partial charge in [-0.2, -0.15) is 0 Å². The number of carbonyl (C=O) groups excluding carboxylic acids is 2. The molecule has 0 aromatic heterocycles. The first kappa shape index (κ1) is 33.5. The molecular formula is C36H37Cl2N3O4S. The Morgan fingerprint density at radius 2 is 1.39 bits per heavy atom. The number of hydrogen-bond donors (Lipinski definition) is 1. The number of nitrogens with zero attached hydrogens (tertiary/aromatic N) is 2. The molecule has 4 aromatic carbocycles. The number of halogens is 2. The molecule has 1 N–H and O–H groups in total. The van der Waals surface area contributed by atoms with Crippen LogP contribution in [-0.2, 0) is 32.6 Å². The molecule has 7 nitrogen and oxygen atoms in total. The van der Waals surface area contributed by atoms with Crippen LogP contribution in [0, 0.1) is 6.92 Å². The third-order valence-corrected chi connectivity index (χ3v) is 10.5. The van der Waals surface area contributed by atoms with Crippen molar-refractivity contribution in [3.8, 4) is 0 Å². The van der Waals surface area contributed by atoms with Crippen LogP contribution in [0.5, 0.6) is 0 Å². The van der Waals surface area contributed by atoms with Gasteiger partial charge in [-0.05, 0) is 79.4 Å². The van der Waals surface area contributed by atoms with Gasteiger partial charge in [-0.25, -0.2) is 8.42 Å². The van der Waals surface area contributed by atoms with Crippen LogP contribution in [-0.4, -0.2) is 43.8 Å². The van der Waals surface area contributed by atoms with Crippen LogP contribution in [0.25, 0.3) is 0 Å². The van der Waals surface area contributed by atoms with Crippen molar-refractivity contribution in [1.82, 2.24) is 10.2 Å². The maximum Gasteiger partial charge on any atom is 0.264 e. The minimum Gasteiger partial charge on any atom is -0.352 e. The normalized spacial score (nSPS) is 14.1. The molecule has 240 valence electrons. The maximum atomic E-state index is 14.6. The summed E-state index contributed by atoms with van der Waals surface area (Å²) in [7, 11) is -4.21. The molecule has 1 aliphatic rings. The Kier molecular flexibility index (Phi) is 11.0. The minimum atomic E-state index is -4.21. The van der Waals surface area contributed by atoms with Crippen LogP contribution in [0.2, 0.25) is 10.0 Å². The summed E-state index contributed by atoms with van der Waals surface area (Å²) in [6.07, 6.45) is 4.10. The van der Waals surface area contributed by atoms with Gasteiger partial charge in [-0.1, -0.05) is 96.2 Å². The molecule has 0 spiro atoms. The van der Waals surface area contributed by atoms with E-state index in [2.05, 4.69) is 5.32 Å². The summed E-state index contributed by atoms with van der Waals surface area (Å²) in [4.78, 5) is 30.1. The van der Waals surface area contributed by atoms with E-state index in [1.165, 1.54) is 29.2 Å². The molecule has 0 radical (unpaired) electrons. The van der Waals surface area contributed by atoms with E-state index in [1.807, 2.05) is 37.3 Å². The number of amides is 2. The first-order chi connectivity index (χ1) is 22.1. The summed E-state index contributed by atoms with van der Waals surface area (Å²) in [6, 6.07) is 28.5. The predicted molar refractivity (Wildman–Crippen MR) is 183 cm³/mol. The molecule has 46 heavy (non-hydrogen) atoms. The van der Waals surface area contributed by atoms with E-state index in [0.717, 1.165) is 46.7 Å². The second-order valence-corrected chi connectivity index (χ2v) is 14.4. The van der Waals surface area contributed by atoms with Gasteiger partial charge in [0, 0.05) is 29.1 Å². The SMILES string of the molecule is Cc1ccc(N(CC(=O)N(Cc2ccc(Cl)cc2)[C@H](Cc2ccccc2)C(=O)NC2CCCC2)S(=O)(=O)c2ccc(Cl)cc2)cc1. The Bertz CT molecular complexity index is 1730. The molecule has 5 rings (SSSR count). The van der Waals surface area contributed by atoms with E-state index in [-0.39, 0.29) is 29.8 Å². The molecule has 0 saturated heterocycles. The van der Waals surface area contributed by atoms with Crippen LogP contribution < -0.4 is 9.62 Å². The number of sulfonamides is 1. The topological polar surface area (TPSA) is 86.8 Å². The second kappa shape index (κ2) is 15.2. The number of anilines is 1. The van der Waals surface area contributed by atoms with E-state index in [4.69, 9.17) is 23.2 Å². The zero-order valence-electron chi connectivity index (χ0n) is 25.6. The molecule has 1 aliphatic carbocycles. The number of nitrogens with one attached hydrogen (secondary N) is 1. The van der Waals surface area contributed by atoms with E-state index >= 15 is 0 Å². The largest absolute Gasteiger partial charge is 0.352 e. The lowest BCUT2D eigenvalue weighted by molar-refractivity contribution is -0.140. The fourth-order valence-electron chi connectivity index (χ4n) is 5.68. The summed E-state index contributed by atoms with van der Waals surface area (Å²) >= 11 is 12.2. The summed E-state index contributed by atoms with van der Waals surface area (Å²) in [5.41, 5.74) is 2.91. The molecule has 0 bridgehead atoms. The van der Waals surface area contributed by atoms with Crippen LogP contribution in [0.1, 0.15) is 42.4 Å². The van der Waals surface area contributed by atoms with E-state index < -0.39 is 28.5 Å². The van der Waals surface area contributed by atoms with Gasteiger partial charge in [-0.3, -0.25) is 13.9 Å². The molecule has 4 aromatic rings. The number of rotatable bonds is 12. The first-order valence-corrected chi connectivity index (χ1v) is 17.5. The van der Waals surface area contributed by atoms with E-state index in [9.17, 15) is 18.0 Å². The van der Waals surface area contributed by atoms with Crippen molar-refractivity contribution in [2.75, 3.05) is 10.8 Å². The average Bonchev–Trinajstić information content (AvgIpc) is 3.56. The van der Waals surface area contributed by atoms with Crippen LogP contribution in [0.4, 0.5) is 5.69 Å². The molecule has 0 heterocycles. The fraction of sp³-hybridized carbons (Fsp3) is 0.278. The third-order valence-electron chi connectivity index (χ3n) is 8.24. The third kappa shape index (κ3) is 8.49. The second-order valence-electron chi connectivity index (χ2n) is 11.6. The Balaban J connectivity index is 1.55. The minimum absolute atomic E-state index is 0.00524. The highest BCUT2D eigenvalue weighted by atomic mass is 35.5. The van der Waals surface area contributed by atoms with Gasteiger partial charge in [0.25, 0.3) is 10.0 Å². The standard InChI is InChI=1S/C36H37Cl2N3O4S/c1-26-11-19-32(20-12-26)41(46(44,45)33-21-17-30(38)18-22-33)25-35(42)40(24-28-13-15-29(37)16-14-28)34(23-27-7-3-2-4-8-27)36(43)39-31-9-5-6-10-31/h2-4,7-8,11-22,31,34H,5-6,9-10,23-25H2,1H3,(H,39,43)/t34-/m1/s1. The molecule has 2 amide bonds. The van der Waals surface area contributed by atoms with Crippen LogP contribution in [0.15, 0.2) is 108 Å². The molecular weight excluding hydrogens is 641 g/mol. The quantitative estimate of drug-likeness (QED) is 0.172. The molecule has 10 heteroatoms. The van der Waals surface area contributed by atoms with Gasteiger partial charge in [0.2, 0.25) is 11.8 Å². The van der Waals surface area contributed by atoms with Crippen molar-refractivity contribution in [1.29, 1.82) is 0 Å². The number of benzene rings is 4. The highest BCUT2D eigenvalue weighted by Gasteiger charge is 2.35. The van der Waals surface area contributed by atoms with Crippen molar-refractivity contribution in [2.45, 2.75) is 62.6 Å². The van der Waals surface area contributed by atoms with Gasteiger partial charge < -0.3 is 10.2 Å². The van der Waals surface area contributed by atoms with Crippen molar-refractivity contribution < 1.29 is 18.0 Å². The maximum absolute atomic E-state index is 14.6. The zero-order valence-corrected chi connectivity index (χ0v) is 27.9. The summed E-state index contributed by atoms with van der Waals surface area (Å²) in [6.45, 7) is 1.45. The van der Waals surface area contributed by atoms with E-state index in [1.54, 1.807) is 48.5 Å². The van der Waals surface area contributed by atoms with Crippen molar-refractivity contribution in [3.63, 3.8) is 0 Å². The summed E-state index contributed by atoms with van der Waals surface area (Å²) in [5, 5.41) is 4.12. The smallest absolute Gasteiger partial charge is 0.264 e. The van der Waals surface area contributed by atoms with Crippen LogP contribution >= 0.6 is 23.2 Å². The Hall–Kier alpha value is -3.85. The number of aryl methyl sites for hydroxylation is 1. The monoisotopic (exact) mass is 677 g/mol. The molecule has 0 aliphatic heterocycles. The van der Waals surface area contributed by atoms with Gasteiger partial charge in [-0.15, -0.1) is 0 Å². The lowest BCUT2D eigenvalue weighted by Crippen LogP contribution is -2.54. The van der Waals surface area contributed by atoms with Gasteiger partial charge >= 0.3 is 0 Å². The predicted octanol–water partition coefficient (Wildman–Crippen LogP) is 7.20. The zero-order chi connectivity index (χ0) is 32.7.